The predicted molar refractivity (Wildman–Crippen MR) is 87.5 cm³/mol. The third-order valence-corrected chi connectivity index (χ3v) is 6.49. The maximum Gasteiger partial charge on any atom is 0.250 e. The van der Waals surface area contributed by atoms with Crippen molar-refractivity contribution in [1.82, 2.24) is 14.9 Å². The molecule has 0 saturated carbocycles. The SMILES string of the molecule is CC(C)N1CC(C(=O)NCCNS(=O)(=O)c2cccs2)CC1=O. The largest absolute Gasteiger partial charge is 0.354 e. The summed E-state index contributed by atoms with van der Waals surface area (Å²) in [4.78, 5) is 25.5. The number of nitrogens with one attached hydrogen (secondary N) is 2. The van der Waals surface area contributed by atoms with E-state index in [9.17, 15) is 18.0 Å². The van der Waals surface area contributed by atoms with Gasteiger partial charge in [-0.25, -0.2) is 13.1 Å². The van der Waals surface area contributed by atoms with E-state index >= 15 is 0 Å². The first-order valence-corrected chi connectivity index (χ1v) is 9.78. The molecule has 23 heavy (non-hydrogen) atoms. The monoisotopic (exact) mass is 359 g/mol. The molecule has 1 saturated heterocycles. The summed E-state index contributed by atoms with van der Waals surface area (Å²) in [7, 11) is -3.51. The minimum atomic E-state index is -3.51. The Bertz CT molecular complexity index is 656. The molecule has 2 heterocycles. The van der Waals surface area contributed by atoms with Crippen molar-refractivity contribution in [2.24, 2.45) is 5.92 Å². The molecule has 128 valence electrons. The number of nitrogens with zero attached hydrogens (tertiary/aromatic N) is 1. The Hall–Kier alpha value is -1.45. The van der Waals surface area contributed by atoms with Gasteiger partial charge in [0, 0.05) is 32.1 Å². The fourth-order valence-corrected chi connectivity index (χ4v) is 4.48. The first kappa shape index (κ1) is 17.9. The number of amides is 2. The standard InChI is InChI=1S/C14H21N3O4S2/c1-10(2)17-9-11(8-12(17)18)14(19)15-5-6-16-23(20,21)13-4-3-7-22-13/h3-4,7,10-11,16H,5-6,8-9H2,1-2H3,(H,15,19). The van der Waals surface area contributed by atoms with Crippen molar-refractivity contribution in [3.8, 4) is 0 Å². The van der Waals surface area contributed by atoms with Crippen LogP contribution in [0.3, 0.4) is 0 Å². The topological polar surface area (TPSA) is 95.6 Å². The molecule has 1 aromatic rings. The Morgan fingerprint density at radius 1 is 1.43 bits per heavy atom. The lowest BCUT2D eigenvalue weighted by Gasteiger charge is -2.20. The second-order valence-corrected chi connectivity index (χ2v) is 8.60. The van der Waals surface area contributed by atoms with Gasteiger partial charge >= 0.3 is 0 Å². The van der Waals surface area contributed by atoms with E-state index in [0.29, 0.717) is 6.54 Å². The van der Waals surface area contributed by atoms with Crippen molar-refractivity contribution < 1.29 is 18.0 Å². The number of carbonyl (C=O) groups is 2. The Morgan fingerprint density at radius 2 is 2.17 bits per heavy atom. The van der Waals surface area contributed by atoms with Crippen LogP contribution in [0.5, 0.6) is 0 Å². The van der Waals surface area contributed by atoms with Crippen LogP contribution >= 0.6 is 11.3 Å². The molecule has 2 rings (SSSR count). The third kappa shape index (κ3) is 4.52. The number of hydrogen-bond donors (Lipinski definition) is 2. The Labute approximate surface area is 140 Å². The van der Waals surface area contributed by atoms with E-state index < -0.39 is 10.0 Å². The van der Waals surface area contributed by atoms with Crippen LogP contribution in [-0.4, -0.2) is 50.8 Å². The summed E-state index contributed by atoms with van der Waals surface area (Å²) in [6.45, 7) is 4.55. The van der Waals surface area contributed by atoms with Crippen molar-refractivity contribution in [3.05, 3.63) is 17.5 Å². The number of likely N-dealkylation sites (tertiary alicyclic amines) is 1. The van der Waals surface area contributed by atoms with E-state index in [1.807, 2.05) is 13.8 Å². The van der Waals surface area contributed by atoms with Gasteiger partial charge < -0.3 is 10.2 Å². The number of sulfonamides is 1. The maximum atomic E-state index is 12.0. The van der Waals surface area contributed by atoms with Crippen molar-refractivity contribution in [3.63, 3.8) is 0 Å². The minimum Gasteiger partial charge on any atom is -0.354 e. The first-order valence-electron chi connectivity index (χ1n) is 7.41. The number of rotatable bonds is 7. The van der Waals surface area contributed by atoms with Crippen molar-refractivity contribution in [2.45, 2.75) is 30.5 Å². The molecule has 1 atom stereocenters. The van der Waals surface area contributed by atoms with Crippen LogP contribution in [-0.2, 0) is 19.6 Å². The summed E-state index contributed by atoms with van der Waals surface area (Å²) in [6, 6.07) is 3.27. The highest BCUT2D eigenvalue weighted by Crippen LogP contribution is 2.20. The molecule has 2 N–H and O–H groups in total. The molecule has 7 nitrogen and oxygen atoms in total. The average Bonchev–Trinajstić information content (AvgIpc) is 3.12. The Morgan fingerprint density at radius 3 is 2.74 bits per heavy atom. The van der Waals surface area contributed by atoms with Crippen LogP contribution < -0.4 is 10.0 Å². The summed E-state index contributed by atoms with van der Waals surface area (Å²) in [5, 5.41) is 4.37. The van der Waals surface area contributed by atoms with Crippen molar-refractivity contribution in [2.75, 3.05) is 19.6 Å². The molecule has 1 aliphatic rings. The maximum absolute atomic E-state index is 12.0. The molecule has 0 bridgehead atoms. The summed E-state index contributed by atoms with van der Waals surface area (Å²) >= 11 is 1.14. The van der Waals surface area contributed by atoms with Gasteiger partial charge in [-0.1, -0.05) is 6.07 Å². The zero-order valence-corrected chi connectivity index (χ0v) is 14.7. The minimum absolute atomic E-state index is 0.0152. The molecule has 1 unspecified atom stereocenters. The van der Waals surface area contributed by atoms with E-state index in [1.54, 1.807) is 16.3 Å². The second-order valence-electron chi connectivity index (χ2n) is 5.66. The van der Waals surface area contributed by atoms with Crippen molar-refractivity contribution >= 4 is 33.2 Å². The van der Waals surface area contributed by atoms with E-state index in [-0.39, 0.29) is 47.5 Å². The third-order valence-electron chi connectivity index (χ3n) is 3.63. The first-order chi connectivity index (χ1) is 10.8. The quantitative estimate of drug-likeness (QED) is 0.689. The Balaban J connectivity index is 1.75. The molecule has 2 amide bonds. The van der Waals surface area contributed by atoms with Gasteiger partial charge in [0.1, 0.15) is 4.21 Å². The van der Waals surface area contributed by atoms with Crippen molar-refractivity contribution in [1.29, 1.82) is 0 Å². The van der Waals surface area contributed by atoms with E-state index in [0.717, 1.165) is 11.3 Å². The summed E-state index contributed by atoms with van der Waals surface area (Å²) in [5.41, 5.74) is 0. The van der Waals surface area contributed by atoms with Crippen LogP contribution in [0.15, 0.2) is 21.7 Å². The average molecular weight is 359 g/mol. The van der Waals surface area contributed by atoms with Crippen LogP contribution in [0, 0.1) is 5.92 Å². The molecular weight excluding hydrogens is 338 g/mol. The lowest BCUT2D eigenvalue weighted by Crippen LogP contribution is -2.39. The van der Waals surface area contributed by atoms with Gasteiger partial charge in [-0.3, -0.25) is 9.59 Å². The molecule has 1 aliphatic heterocycles. The number of hydrogen-bond acceptors (Lipinski definition) is 5. The molecule has 9 heteroatoms. The van der Waals surface area contributed by atoms with Crippen LogP contribution in [0.25, 0.3) is 0 Å². The highest BCUT2D eigenvalue weighted by Gasteiger charge is 2.35. The molecule has 0 spiro atoms. The highest BCUT2D eigenvalue weighted by atomic mass is 32.2. The van der Waals surface area contributed by atoms with Gasteiger partial charge in [0.05, 0.1) is 5.92 Å². The molecule has 1 aromatic heterocycles. The van der Waals surface area contributed by atoms with E-state index in [2.05, 4.69) is 10.0 Å². The smallest absolute Gasteiger partial charge is 0.250 e. The van der Waals surface area contributed by atoms with Gasteiger partial charge in [-0.05, 0) is 25.3 Å². The number of carbonyl (C=O) groups excluding carboxylic acids is 2. The second kappa shape index (κ2) is 7.41. The predicted octanol–water partition coefficient (Wildman–Crippen LogP) is 0.399. The van der Waals surface area contributed by atoms with Gasteiger partial charge in [0.25, 0.3) is 0 Å². The molecule has 1 fully saturated rings. The van der Waals surface area contributed by atoms with Gasteiger partial charge in [0.15, 0.2) is 0 Å². The van der Waals surface area contributed by atoms with Gasteiger partial charge in [-0.2, -0.15) is 0 Å². The van der Waals surface area contributed by atoms with Crippen LogP contribution in [0.2, 0.25) is 0 Å². The summed E-state index contributed by atoms with van der Waals surface area (Å²) in [6.07, 6.45) is 0.213. The van der Waals surface area contributed by atoms with Gasteiger partial charge in [0.2, 0.25) is 21.8 Å². The zero-order valence-electron chi connectivity index (χ0n) is 13.1. The normalized spacial score (nSPS) is 18.7. The molecular formula is C14H21N3O4S2. The fraction of sp³-hybridized carbons (Fsp3) is 0.571. The van der Waals surface area contributed by atoms with Crippen LogP contribution in [0.4, 0.5) is 0 Å². The Kier molecular flexibility index (Phi) is 5.77. The van der Waals surface area contributed by atoms with Gasteiger partial charge in [-0.15, -0.1) is 11.3 Å². The molecule has 0 aliphatic carbocycles. The molecule has 0 aromatic carbocycles. The fourth-order valence-electron chi connectivity index (χ4n) is 2.41. The highest BCUT2D eigenvalue weighted by molar-refractivity contribution is 7.91. The lowest BCUT2D eigenvalue weighted by molar-refractivity contribution is -0.129. The summed E-state index contributed by atoms with van der Waals surface area (Å²) in [5.74, 6) is -0.589. The van der Waals surface area contributed by atoms with Crippen LogP contribution in [0.1, 0.15) is 20.3 Å². The lowest BCUT2D eigenvalue weighted by atomic mass is 10.1. The summed E-state index contributed by atoms with van der Waals surface area (Å²) < 4.78 is 26.5. The zero-order chi connectivity index (χ0) is 17.0. The van der Waals surface area contributed by atoms with E-state index in [4.69, 9.17) is 0 Å². The molecule has 0 radical (unpaired) electrons. The van der Waals surface area contributed by atoms with E-state index in [1.165, 1.54) is 6.07 Å². The number of thiophene rings is 1.